The van der Waals surface area contributed by atoms with Gasteiger partial charge in [-0.3, -0.25) is 0 Å². The van der Waals surface area contributed by atoms with Crippen molar-refractivity contribution in [3.8, 4) is 12.3 Å². The van der Waals surface area contributed by atoms with Crippen LogP contribution >= 0.6 is 15.9 Å². The van der Waals surface area contributed by atoms with Crippen LogP contribution in [-0.2, 0) is 0 Å². The molecule has 0 saturated heterocycles. The highest BCUT2D eigenvalue weighted by Crippen LogP contribution is 2.22. The molecular formula is C7H6BrNO. The van der Waals surface area contributed by atoms with E-state index in [1.807, 2.05) is 0 Å². The summed E-state index contributed by atoms with van der Waals surface area (Å²) in [5, 5.41) is 0. The number of furan rings is 1. The van der Waals surface area contributed by atoms with Gasteiger partial charge < -0.3 is 10.2 Å². The molecule has 0 fully saturated rings. The van der Waals surface area contributed by atoms with Gasteiger partial charge in [-0.05, 0) is 22.0 Å². The second-order valence-electron chi connectivity index (χ2n) is 1.79. The first-order valence-corrected chi connectivity index (χ1v) is 3.49. The van der Waals surface area contributed by atoms with Crippen molar-refractivity contribution in [1.29, 1.82) is 0 Å². The van der Waals surface area contributed by atoms with Gasteiger partial charge in [-0.2, -0.15) is 0 Å². The maximum atomic E-state index is 5.51. The lowest BCUT2D eigenvalue weighted by atomic mass is 10.2. The molecule has 52 valence electrons. The van der Waals surface area contributed by atoms with Gasteiger partial charge >= 0.3 is 0 Å². The average Bonchev–Trinajstić information content (AvgIpc) is 2.34. The molecule has 1 heterocycles. The van der Waals surface area contributed by atoms with Crippen molar-refractivity contribution >= 4 is 15.9 Å². The first-order valence-electron chi connectivity index (χ1n) is 2.70. The minimum absolute atomic E-state index is 0.381. The molecule has 1 unspecified atom stereocenters. The SMILES string of the molecule is C#CC(N)c1ccoc1Br. The number of hydrogen-bond acceptors (Lipinski definition) is 2. The zero-order chi connectivity index (χ0) is 7.56. The van der Waals surface area contributed by atoms with Gasteiger partial charge in [0.25, 0.3) is 0 Å². The fourth-order valence-corrected chi connectivity index (χ4v) is 1.10. The van der Waals surface area contributed by atoms with Crippen LogP contribution in [0.4, 0.5) is 0 Å². The Morgan fingerprint density at radius 2 is 2.50 bits per heavy atom. The predicted molar refractivity (Wildman–Crippen MR) is 42.2 cm³/mol. The van der Waals surface area contributed by atoms with Gasteiger partial charge in [0.05, 0.1) is 12.3 Å². The normalized spacial score (nSPS) is 12.5. The largest absolute Gasteiger partial charge is 0.457 e. The smallest absolute Gasteiger partial charge is 0.174 e. The summed E-state index contributed by atoms with van der Waals surface area (Å²) >= 11 is 3.17. The molecule has 0 aliphatic carbocycles. The molecule has 3 heteroatoms. The van der Waals surface area contributed by atoms with E-state index >= 15 is 0 Å². The summed E-state index contributed by atoms with van der Waals surface area (Å²) in [5.74, 6) is 2.40. The van der Waals surface area contributed by atoms with E-state index in [0.29, 0.717) is 4.67 Å². The van der Waals surface area contributed by atoms with Crippen molar-refractivity contribution in [2.24, 2.45) is 5.73 Å². The van der Waals surface area contributed by atoms with E-state index in [0.717, 1.165) is 5.56 Å². The van der Waals surface area contributed by atoms with E-state index in [-0.39, 0.29) is 6.04 Å². The Kier molecular flexibility index (Phi) is 2.15. The molecule has 0 amide bonds. The summed E-state index contributed by atoms with van der Waals surface area (Å²) in [7, 11) is 0. The molecule has 0 radical (unpaired) electrons. The minimum Gasteiger partial charge on any atom is -0.457 e. The average molecular weight is 200 g/mol. The third-order valence-corrected chi connectivity index (χ3v) is 1.81. The minimum atomic E-state index is -0.381. The molecule has 1 atom stereocenters. The highest BCUT2D eigenvalue weighted by Gasteiger charge is 2.08. The summed E-state index contributed by atoms with van der Waals surface area (Å²) in [5.41, 5.74) is 6.32. The van der Waals surface area contributed by atoms with Crippen LogP contribution in [0.15, 0.2) is 21.4 Å². The zero-order valence-electron chi connectivity index (χ0n) is 5.17. The Morgan fingerprint density at radius 1 is 1.80 bits per heavy atom. The fraction of sp³-hybridized carbons (Fsp3) is 0.143. The molecule has 1 aromatic heterocycles. The third kappa shape index (κ3) is 1.23. The lowest BCUT2D eigenvalue weighted by Gasteiger charge is -1.98. The van der Waals surface area contributed by atoms with Gasteiger partial charge in [0, 0.05) is 5.56 Å². The standard InChI is InChI=1S/C7H6BrNO/c1-2-6(9)5-3-4-10-7(5)8/h1,3-4,6H,9H2. The Balaban J connectivity index is 2.96. The zero-order valence-corrected chi connectivity index (χ0v) is 6.76. The fourth-order valence-electron chi connectivity index (χ4n) is 0.616. The Hall–Kier alpha value is -0.720. The molecule has 0 spiro atoms. The second kappa shape index (κ2) is 2.91. The summed E-state index contributed by atoms with van der Waals surface area (Å²) in [6.07, 6.45) is 6.63. The van der Waals surface area contributed by atoms with Crippen LogP contribution in [0, 0.1) is 12.3 Å². The van der Waals surface area contributed by atoms with Crippen molar-refractivity contribution in [2.45, 2.75) is 6.04 Å². The van der Waals surface area contributed by atoms with Crippen LogP contribution in [-0.4, -0.2) is 0 Å². The van der Waals surface area contributed by atoms with Crippen LogP contribution < -0.4 is 5.73 Å². The maximum Gasteiger partial charge on any atom is 0.174 e. The molecule has 0 aromatic carbocycles. The van der Waals surface area contributed by atoms with Crippen LogP contribution in [0.25, 0.3) is 0 Å². The molecule has 1 aromatic rings. The Labute approximate surface area is 67.5 Å². The van der Waals surface area contributed by atoms with Crippen molar-refractivity contribution in [3.63, 3.8) is 0 Å². The van der Waals surface area contributed by atoms with Gasteiger partial charge in [0.15, 0.2) is 4.67 Å². The highest BCUT2D eigenvalue weighted by molar-refractivity contribution is 9.10. The molecule has 1 rings (SSSR count). The quantitative estimate of drug-likeness (QED) is 0.700. The van der Waals surface area contributed by atoms with Gasteiger partial charge in [-0.25, -0.2) is 0 Å². The van der Waals surface area contributed by atoms with Crippen LogP contribution in [0.1, 0.15) is 11.6 Å². The van der Waals surface area contributed by atoms with E-state index in [2.05, 4.69) is 21.9 Å². The molecule has 0 aliphatic heterocycles. The topological polar surface area (TPSA) is 39.2 Å². The Morgan fingerprint density at radius 3 is 2.90 bits per heavy atom. The molecule has 0 aliphatic rings. The monoisotopic (exact) mass is 199 g/mol. The van der Waals surface area contributed by atoms with Gasteiger partial charge in [-0.15, -0.1) is 6.42 Å². The van der Waals surface area contributed by atoms with E-state index in [1.54, 1.807) is 6.07 Å². The lowest BCUT2D eigenvalue weighted by molar-refractivity contribution is 0.535. The molecule has 10 heavy (non-hydrogen) atoms. The van der Waals surface area contributed by atoms with Gasteiger partial charge in [0.2, 0.25) is 0 Å². The van der Waals surface area contributed by atoms with Crippen molar-refractivity contribution < 1.29 is 4.42 Å². The van der Waals surface area contributed by atoms with Crippen molar-refractivity contribution in [1.82, 2.24) is 0 Å². The second-order valence-corrected chi connectivity index (χ2v) is 2.51. The number of halogens is 1. The van der Waals surface area contributed by atoms with E-state index < -0.39 is 0 Å². The summed E-state index contributed by atoms with van der Waals surface area (Å²) < 4.78 is 5.54. The predicted octanol–water partition coefficient (Wildman–Crippen LogP) is 1.68. The van der Waals surface area contributed by atoms with E-state index in [9.17, 15) is 0 Å². The third-order valence-electron chi connectivity index (χ3n) is 1.16. The van der Waals surface area contributed by atoms with E-state index in [4.69, 9.17) is 16.6 Å². The van der Waals surface area contributed by atoms with Crippen molar-refractivity contribution in [3.05, 3.63) is 22.6 Å². The van der Waals surface area contributed by atoms with Gasteiger partial charge in [0.1, 0.15) is 0 Å². The molecule has 0 saturated carbocycles. The van der Waals surface area contributed by atoms with Crippen LogP contribution in [0.2, 0.25) is 0 Å². The van der Waals surface area contributed by atoms with E-state index in [1.165, 1.54) is 6.26 Å². The summed E-state index contributed by atoms with van der Waals surface area (Å²) in [4.78, 5) is 0. The number of rotatable bonds is 1. The lowest BCUT2D eigenvalue weighted by Crippen LogP contribution is -2.06. The van der Waals surface area contributed by atoms with Crippen LogP contribution in [0.3, 0.4) is 0 Å². The molecule has 2 N–H and O–H groups in total. The first kappa shape index (κ1) is 7.39. The molecule has 0 bridgehead atoms. The first-order chi connectivity index (χ1) is 4.75. The van der Waals surface area contributed by atoms with Crippen molar-refractivity contribution in [2.75, 3.05) is 0 Å². The maximum absolute atomic E-state index is 5.51. The van der Waals surface area contributed by atoms with Gasteiger partial charge in [-0.1, -0.05) is 5.92 Å². The number of nitrogens with two attached hydrogens (primary N) is 1. The summed E-state index contributed by atoms with van der Waals surface area (Å²) in [6, 6.07) is 1.36. The molecular weight excluding hydrogens is 194 g/mol. The Bertz CT molecular complexity index is 261. The number of hydrogen-bond donors (Lipinski definition) is 1. The molecule has 2 nitrogen and oxygen atoms in total. The number of terminal acetylenes is 1. The van der Waals surface area contributed by atoms with Crippen LogP contribution in [0.5, 0.6) is 0 Å². The highest BCUT2D eigenvalue weighted by atomic mass is 79.9. The summed E-state index contributed by atoms with van der Waals surface area (Å²) in [6.45, 7) is 0.